The van der Waals surface area contributed by atoms with Gasteiger partial charge in [0.25, 0.3) is 0 Å². The van der Waals surface area contributed by atoms with Crippen molar-refractivity contribution in [3.63, 3.8) is 0 Å². The fourth-order valence-corrected chi connectivity index (χ4v) is 5.32. The summed E-state index contributed by atoms with van der Waals surface area (Å²) >= 11 is 0. The quantitative estimate of drug-likeness (QED) is 0.248. The third-order valence-electron chi connectivity index (χ3n) is 6.98. The highest BCUT2D eigenvalue weighted by Gasteiger charge is 2.17. The Kier molecular flexibility index (Phi) is 4.09. The molecule has 0 amide bonds. The van der Waals surface area contributed by atoms with Crippen LogP contribution in [0.2, 0.25) is 0 Å². The molecule has 2 nitrogen and oxygen atoms in total. The standard InChI is InChI=1S/C32H23N2/c1-33-20-18-23(19-21-33)22-10-14-26(15-11-22)34-29-16-12-24-6-2-4-8-27(24)31(29)32-28-9-5-3-7-25(28)13-17-30(32)34/h2-21H,1H3/q+1. The maximum absolute atomic E-state index is 2.42. The average Bonchev–Trinajstić information content (AvgIpc) is 3.24. The lowest BCUT2D eigenvalue weighted by atomic mass is 10.00. The van der Waals surface area contributed by atoms with Crippen molar-refractivity contribution in [3.8, 4) is 16.8 Å². The normalized spacial score (nSPS) is 11.7. The van der Waals surface area contributed by atoms with E-state index in [0.717, 1.165) is 0 Å². The minimum Gasteiger partial charge on any atom is -0.309 e. The van der Waals surface area contributed by atoms with E-state index in [1.807, 2.05) is 7.05 Å². The van der Waals surface area contributed by atoms with Crippen LogP contribution in [-0.2, 0) is 7.05 Å². The smallest absolute Gasteiger partial charge is 0.169 e. The number of rotatable bonds is 2. The molecule has 0 aliphatic rings. The van der Waals surface area contributed by atoms with E-state index < -0.39 is 0 Å². The highest BCUT2D eigenvalue weighted by Crippen LogP contribution is 2.40. The van der Waals surface area contributed by atoms with Crippen molar-refractivity contribution in [1.82, 2.24) is 4.57 Å². The van der Waals surface area contributed by atoms with Crippen molar-refractivity contribution >= 4 is 43.4 Å². The van der Waals surface area contributed by atoms with E-state index in [9.17, 15) is 0 Å². The van der Waals surface area contributed by atoms with E-state index in [-0.39, 0.29) is 0 Å². The van der Waals surface area contributed by atoms with Crippen LogP contribution in [0.1, 0.15) is 0 Å². The van der Waals surface area contributed by atoms with Gasteiger partial charge < -0.3 is 4.57 Å². The van der Waals surface area contributed by atoms with E-state index in [4.69, 9.17) is 0 Å². The van der Waals surface area contributed by atoms with Crippen molar-refractivity contribution in [2.24, 2.45) is 7.05 Å². The molecule has 0 atom stereocenters. The number of aryl methyl sites for hydroxylation is 1. The molecule has 2 heterocycles. The second kappa shape index (κ2) is 7.29. The predicted octanol–water partition coefficient (Wildman–Crippen LogP) is 7.58. The first kappa shape index (κ1) is 19.1. The molecule has 34 heavy (non-hydrogen) atoms. The summed E-state index contributed by atoms with van der Waals surface area (Å²) < 4.78 is 4.48. The van der Waals surface area contributed by atoms with Gasteiger partial charge >= 0.3 is 0 Å². The zero-order chi connectivity index (χ0) is 22.6. The largest absolute Gasteiger partial charge is 0.309 e. The van der Waals surface area contributed by atoms with Gasteiger partial charge in [0.05, 0.1) is 11.0 Å². The van der Waals surface area contributed by atoms with Gasteiger partial charge in [-0.05, 0) is 56.9 Å². The molecule has 0 bridgehead atoms. The number of aromatic nitrogens is 2. The zero-order valence-corrected chi connectivity index (χ0v) is 18.9. The number of benzene rings is 5. The monoisotopic (exact) mass is 435 g/mol. The SMILES string of the molecule is C[n+]1ccc(-c2ccc(-n3c4ccc5ccccc5c4c4c5ccccc5ccc43)cc2)cc1. The third-order valence-corrected chi connectivity index (χ3v) is 6.98. The van der Waals surface area contributed by atoms with Crippen molar-refractivity contribution < 1.29 is 4.57 Å². The van der Waals surface area contributed by atoms with Gasteiger partial charge in [0.2, 0.25) is 0 Å². The topological polar surface area (TPSA) is 8.81 Å². The van der Waals surface area contributed by atoms with Crippen LogP contribution in [0.25, 0.3) is 60.2 Å². The predicted molar refractivity (Wildman–Crippen MR) is 142 cm³/mol. The number of hydrogen-bond donors (Lipinski definition) is 0. The molecule has 2 aromatic heterocycles. The Morgan fingerprint density at radius 3 is 1.56 bits per heavy atom. The van der Waals surface area contributed by atoms with Gasteiger partial charge in [0.15, 0.2) is 12.4 Å². The molecule has 7 aromatic rings. The van der Waals surface area contributed by atoms with Gasteiger partial charge in [-0.25, -0.2) is 4.57 Å². The summed E-state index contributed by atoms with van der Waals surface area (Å²) in [5.74, 6) is 0. The van der Waals surface area contributed by atoms with Crippen molar-refractivity contribution in [2.75, 3.05) is 0 Å². The molecule has 0 radical (unpaired) electrons. The summed E-state index contributed by atoms with van der Waals surface area (Å²) in [7, 11) is 2.04. The Morgan fingerprint density at radius 2 is 1.00 bits per heavy atom. The van der Waals surface area contributed by atoms with E-state index >= 15 is 0 Å². The minimum absolute atomic E-state index is 1.18. The first-order valence-corrected chi connectivity index (χ1v) is 11.7. The van der Waals surface area contributed by atoms with Gasteiger partial charge in [-0.2, -0.15) is 0 Å². The number of hydrogen-bond acceptors (Lipinski definition) is 0. The first-order valence-electron chi connectivity index (χ1n) is 11.7. The second-order valence-corrected chi connectivity index (χ2v) is 9.00. The highest BCUT2D eigenvalue weighted by atomic mass is 15.0. The molecule has 0 saturated carbocycles. The van der Waals surface area contributed by atoms with Crippen molar-refractivity contribution in [3.05, 3.63) is 122 Å². The lowest BCUT2D eigenvalue weighted by molar-refractivity contribution is -0.671. The Labute approximate surface area is 197 Å². The molecule has 0 fully saturated rings. The Bertz CT molecular complexity index is 1750. The van der Waals surface area contributed by atoms with E-state index in [1.165, 1.54) is 60.2 Å². The molecule has 0 N–H and O–H groups in total. The summed E-state index contributed by atoms with van der Waals surface area (Å²) in [6.07, 6.45) is 4.18. The van der Waals surface area contributed by atoms with Gasteiger partial charge in [-0.3, -0.25) is 0 Å². The number of fused-ring (bicyclic) bond motifs is 7. The maximum Gasteiger partial charge on any atom is 0.169 e. The minimum atomic E-state index is 1.18. The van der Waals surface area contributed by atoms with Crippen LogP contribution in [0.4, 0.5) is 0 Å². The van der Waals surface area contributed by atoms with E-state index in [2.05, 4.69) is 131 Å². The molecule has 7 rings (SSSR count). The van der Waals surface area contributed by atoms with Crippen molar-refractivity contribution in [2.45, 2.75) is 0 Å². The number of nitrogens with zero attached hydrogens (tertiary/aromatic N) is 2. The molecular weight excluding hydrogens is 412 g/mol. The van der Waals surface area contributed by atoms with Crippen LogP contribution >= 0.6 is 0 Å². The molecule has 0 spiro atoms. The second-order valence-electron chi connectivity index (χ2n) is 9.00. The van der Waals surface area contributed by atoms with Crippen LogP contribution in [0, 0.1) is 0 Å². The summed E-state index contributed by atoms with van der Waals surface area (Å²) in [6.45, 7) is 0. The van der Waals surface area contributed by atoms with Crippen LogP contribution < -0.4 is 4.57 Å². The van der Waals surface area contributed by atoms with Crippen LogP contribution in [0.3, 0.4) is 0 Å². The first-order chi connectivity index (χ1) is 16.8. The summed E-state index contributed by atoms with van der Waals surface area (Å²) in [6, 6.07) is 39.7. The van der Waals surface area contributed by atoms with E-state index in [1.54, 1.807) is 0 Å². The molecule has 0 aliphatic heterocycles. The summed E-state index contributed by atoms with van der Waals surface area (Å²) in [4.78, 5) is 0. The van der Waals surface area contributed by atoms with Gasteiger partial charge in [0.1, 0.15) is 7.05 Å². The Morgan fingerprint density at radius 1 is 0.500 bits per heavy atom. The lowest BCUT2D eigenvalue weighted by Crippen LogP contribution is -2.25. The van der Waals surface area contributed by atoms with Crippen LogP contribution in [0.5, 0.6) is 0 Å². The third kappa shape index (κ3) is 2.79. The molecular formula is C32H23N2+. The molecule has 160 valence electrons. The molecule has 0 aliphatic carbocycles. The van der Waals surface area contributed by atoms with Crippen LogP contribution in [-0.4, -0.2) is 4.57 Å². The molecule has 0 saturated heterocycles. The lowest BCUT2D eigenvalue weighted by Gasteiger charge is -2.10. The Hall–Kier alpha value is -4.43. The summed E-state index contributed by atoms with van der Waals surface area (Å²) in [5.41, 5.74) is 6.11. The fraction of sp³-hybridized carbons (Fsp3) is 0.0312. The average molecular weight is 436 g/mol. The van der Waals surface area contributed by atoms with Gasteiger partial charge in [-0.1, -0.05) is 72.8 Å². The van der Waals surface area contributed by atoms with Crippen molar-refractivity contribution in [1.29, 1.82) is 0 Å². The molecule has 2 heteroatoms. The highest BCUT2D eigenvalue weighted by molar-refractivity contribution is 6.28. The van der Waals surface area contributed by atoms with Gasteiger partial charge in [-0.15, -0.1) is 0 Å². The zero-order valence-electron chi connectivity index (χ0n) is 18.9. The Balaban J connectivity index is 1.55. The maximum atomic E-state index is 2.42. The fourth-order valence-electron chi connectivity index (χ4n) is 5.32. The van der Waals surface area contributed by atoms with E-state index in [0.29, 0.717) is 0 Å². The number of pyridine rings is 1. The molecule has 5 aromatic carbocycles. The molecule has 0 unspecified atom stereocenters. The summed E-state index contributed by atoms with van der Waals surface area (Å²) in [5, 5.41) is 7.79. The van der Waals surface area contributed by atoms with Crippen LogP contribution in [0.15, 0.2) is 122 Å². The van der Waals surface area contributed by atoms with Gasteiger partial charge in [0, 0.05) is 28.6 Å².